The van der Waals surface area contributed by atoms with Gasteiger partial charge in [0.2, 0.25) is 11.8 Å². The third kappa shape index (κ3) is 3.22. The summed E-state index contributed by atoms with van der Waals surface area (Å²) in [4.78, 5) is 23.1. The Kier molecular flexibility index (Phi) is 4.33. The van der Waals surface area contributed by atoms with Crippen molar-refractivity contribution in [2.75, 3.05) is 0 Å². The summed E-state index contributed by atoms with van der Waals surface area (Å²) in [6.07, 6.45) is 5.10. The van der Waals surface area contributed by atoms with Gasteiger partial charge in [-0.05, 0) is 26.2 Å². The zero-order chi connectivity index (χ0) is 12.2. The Morgan fingerprint density at radius 3 is 2.31 bits per heavy atom. The molecule has 2 N–H and O–H groups in total. The highest BCUT2D eigenvalue weighted by molar-refractivity contribution is 5.90. The minimum absolute atomic E-state index is 0.0582. The number of hydrogen-bond acceptors (Lipinski definition) is 2. The molecule has 0 radical (unpaired) electrons. The van der Waals surface area contributed by atoms with Crippen LogP contribution in [0.25, 0.3) is 0 Å². The lowest BCUT2D eigenvalue weighted by atomic mass is 9.97. The second-order valence-electron chi connectivity index (χ2n) is 4.82. The fourth-order valence-corrected chi connectivity index (χ4v) is 2.11. The molecule has 0 aliphatic heterocycles. The molecule has 4 heteroatoms. The molecule has 0 aromatic carbocycles. The van der Waals surface area contributed by atoms with Gasteiger partial charge in [0.15, 0.2) is 0 Å². The topological polar surface area (TPSA) is 58.2 Å². The van der Waals surface area contributed by atoms with Gasteiger partial charge in [0.25, 0.3) is 0 Å². The average Bonchev–Trinajstić information content (AvgIpc) is 2.69. The van der Waals surface area contributed by atoms with Crippen molar-refractivity contribution in [3.8, 4) is 0 Å². The summed E-state index contributed by atoms with van der Waals surface area (Å²) in [7, 11) is 0. The lowest BCUT2D eigenvalue weighted by molar-refractivity contribution is -0.132. The van der Waals surface area contributed by atoms with E-state index in [0.29, 0.717) is 12.5 Å². The summed E-state index contributed by atoms with van der Waals surface area (Å²) in [6.45, 7) is 5.12. The number of amides is 2. The minimum atomic E-state index is -0.769. The predicted octanol–water partition coefficient (Wildman–Crippen LogP) is 1.35. The van der Waals surface area contributed by atoms with Gasteiger partial charge in [0, 0.05) is 13.0 Å². The van der Waals surface area contributed by atoms with Crippen molar-refractivity contribution in [1.82, 2.24) is 10.6 Å². The smallest absolute Gasteiger partial charge is 0.245 e. The van der Waals surface area contributed by atoms with E-state index in [4.69, 9.17) is 0 Å². The first kappa shape index (κ1) is 13.0. The fraction of sp³-hybridized carbons (Fsp3) is 0.833. The molecule has 0 spiro atoms. The summed E-state index contributed by atoms with van der Waals surface area (Å²) >= 11 is 0. The molecule has 1 rings (SSSR count). The monoisotopic (exact) mass is 226 g/mol. The molecule has 4 nitrogen and oxygen atoms in total. The number of carbonyl (C=O) groups excluding carboxylic acids is 2. The zero-order valence-corrected chi connectivity index (χ0v) is 10.4. The van der Waals surface area contributed by atoms with Crippen LogP contribution in [0.3, 0.4) is 0 Å². The number of hydrogen-bond donors (Lipinski definition) is 2. The van der Waals surface area contributed by atoms with Gasteiger partial charge in [-0.25, -0.2) is 0 Å². The van der Waals surface area contributed by atoms with Crippen molar-refractivity contribution in [3.05, 3.63) is 0 Å². The summed E-state index contributed by atoms with van der Waals surface area (Å²) in [6, 6.07) is 0.298. The van der Waals surface area contributed by atoms with Crippen molar-refractivity contribution < 1.29 is 9.59 Å². The predicted molar refractivity (Wildman–Crippen MR) is 62.9 cm³/mol. The van der Waals surface area contributed by atoms with Gasteiger partial charge in [-0.2, -0.15) is 0 Å². The molecule has 1 atom stereocenters. The van der Waals surface area contributed by atoms with Crippen molar-refractivity contribution in [2.45, 2.75) is 64.5 Å². The second-order valence-corrected chi connectivity index (χ2v) is 4.82. The van der Waals surface area contributed by atoms with Gasteiger partial charge < -0.3 is 10.6 Å². The van der Waals surface area contributed by atoms with E-state index >= 15 is 0 Å². The SMILES string of the molecule is CCC(C)(NC(C)=O)C(=O)NC1CCCC1. The van der Waals surface area contributed by atoms with Crippen molar-refractivity contribution in [3.63, 3.8) is 0 Å². The van der Waals surface area contributed by atoms with Crippen LogP contribution in [-0.2, 0) is 9.59 Å². The molecule has 1 aliphatic rings. The van der Waals surface area contributed by atoms with E-state index in [9.17, 15) is 9.59 Å². The van der Waals surface area contributed by atoms with E-state index in [1.165, 1.54) is 19.8 Å². The van der Waals surface area contributed by atoms with Crippen LogP contribution in [0.5, 0.6) is 0 Å². The van der Waals surface area contributed by atoms with Gasteiger partial charge >= 0.3 is 0 Å². The Bertz CT molecular complexity index is 272. The summed E-state index contributed by atoms with van der Waals surface area (Å²) in [5.41, 5.74) is -0.769. The van der Waals surface area contributed by atoms with E-state index in [0.717, 1.165) is 12.8 Å². The summed E-state index contributed by atoms with van der Waals surface area (Å²) < 4.78 is 0. The summed E-state index contributed by atoms with van der Waals surface area (Å²) in [5, 5.41) is 5.75. The molecule has 0 bridgehead atoms. The fourth-order valence-electron chi connectivity index (χ4n) is 2.11. The Morgan fingerprint density at radius 2 is 1.88 bits per heavy atom. The molecule has 2 amide bonds. The van der Waals surface area contributed by atoms with Crippen LogP contribution >= 0.6 is 0 Å². The van der Waals surface area contributed by atoms with Crippen molar-refractivity contribution in [2.24, 2.45) is 0 Å². The molecule has 1 unspecified atom stereocenters. The molecule has 0 aromatic heterocycles. The van der Waals surface area contributed by atoms with Crippen LogP contribution in [0, 0.1) is 0 Å². The third-order valence-corrected chi connectivity index (χ3v) is 3.35. The van der Waals surface area contributed by atoms with Crippen LogP contribution < -0.4 is 10.6 Å². The number of carbonyl (C=O) groups is 2. The van der Waals surface area contributed by atoms with Crippen LogP contribution in [0.15, 0.2) is 0 Å². The number of nitrogens with one attached hydrogen (secondary N) is 2. The van der Waals surface area contributed by atoms with Crippen LogP contribution in [0.1, 0.15) is 52.9 Å². The lowest BCUT2D eigenvalue weighted by Crippen LogP contribution is -2.57. The lowest BCUT2D eigenvalue weighted by Gasteiger charge is -2.29. The van der Waals surface area contributed by atoms with Crippen molar-refractivity contribution in [1.29, 1.82) is 0 Å². The van der Waals surface area contributed by atoms with Crippen LogP contribution in [0.2, 0.25) is 0 Å². The Balaban J connectivity index is 2.56. The van der Waals surface area contributed by atoms with E-state index in [1.54, 1.807) is 6.92 Å². The average molecular weight is 226 g/mol. The van der Waals surface area contributed by atoms with Gasteiger partial charge in [-0.1, -0.05) is 19.8 Å². The highest BCUT2D eigenvalue weighted by atomic mass is 16.2. The van der Waals surface area contributed by atoms with Gasteiger partial charge in [-0.3, -0.25) is 9.59 Å². The molecule has 1 fully saturated rings. The highest BCUT2D eigenvalue weighted by Crippen LogP contribution is 2.19. The van der Waals surface area contributed by atoms with Crippen LogP contribution in [0.4, 0.5) is 0 Å². The molecule has 0 saturated heterocycles. The quantitative estimate of drug-likeness (QED) is 0.760. The van der Waals surface area contributed by atoms with E-state index in [2.05, 4.69) is 10.6 Å². The highest BCUT2D eigenvalue weighted by Gasteiger charge is 2.33. The molecule has 16 heavy (non-hydrogen) atoms. The van der Waals surface area contributed by atoms with E-state index in [-0.39, 0.29) is 11.8 Å². The summed E-state index contributed by atoms with van der Waals surface area (Å²) in [5.74, 6) is -0.219. The van der Waals surface area contributed by atoms with Gasteiger partial charge in [0.1, 0.15) is 5.54 Å². The number of rotatable bonds is 4. The Labute approximate surface area is 97.2 Å². The van der Waals surface area contributed by atoms with E-state index in [1.807, 2.05) is 6.92 Å². The maximum atomic E-state index is 12.1. The van der Waals surface area contributed by atoms with E-state index < -0.39 is 5.54 Å². The zero-order valence-electron chi connectivity index (χ0n) is 10.4. The molecule has 1 aliphatic carbocycles. The molecule has 92 valence electrons. The largest absolute Gasteiger partial charge is 0.351 e. The first-order valence-electron chi connectivity index (χ1n) is 6.07. The van der Waals surface area contributed by atoms with Crippen LogP contribution in [-0.4, -0.2) is 23.4 Å². The maximum absolute atomic E-state index is 12.1. The maximum Gasteiger partial charge on any atom is 0.245 e. The first-order chi connectivity index (χ1) is 7.48. The first-order valence-corrected chi connectivity index (χ1v) is 6.07. The molecular formula is C12H22N2O2. The minimum Gasteiger partial charge on any atom is -0.351 e. The Morgan fingerprint density at radius 1 is 1.31 bits per heavy atom. The van der Waals surface area contributed by atoms with Crippen molar-refractivity contribution >= 4 is 11.8 Å². The molecule has 1 saturated carbocycles. The standard InChI is InChI=1S/C12H22N2O2/c1-4-12(3,14-9(2)15)11(16)13-10-7-5-6-8-10/h10H,4-8H2,1-3H3,(H,13,16)(H,14,15). The van der Waals surface area contributed by atoms with Gasteiger partial charge in [0.05, 0.1) is 0 Å². The third-order valence-electron chi connectivity index (χ3n) is 3.35. The molecule has 0 heterocycles. The molecule has 0 aromatic rings. The Hall–Kier alpha value is -1.06. The normalized spacial score (nSPS) is 20.2. The van der Waals surface area contributed by atoms with Gasteiger partial charge in [-0.15, -0.1) is 0 Å². The second kappa shape index (κ2) is 5.32. The molecular weight excluding hydrogens is 204 g/mol.